The molecule has 1 aliphatic heterocycles. The van der Waals surface area contributed by atoms with E-state index in [9.17, 15) is 0 Å². The molecule has 7 nitrogen and oxygen atoms in total. The van der Waals surface area contributed by atoms with Crippen molar-refractivity contribution in [1.82, 2.24) is 24.6 Å². The maximum absolute atomic E-state index is 6.31. The SMILES string of the molecule is CNc1ncc(CN2CC(Oc3ccnc4nn(C)cc34)CC2C)s1. The summed E-state index contributed by atoms with van der Waals surface area (Å²) >= 11 is 1.71. The number of pyridine rings is 1. The van der Waals surface area contributed by atoms with Crippen molar-refractivity contribution >= 4 is 27.5 Å². The first-order valence-electron chi connectivity index (χ1n) is 8.44. The summed E-state index contributed by atoms with van der Waals surface area (Å²) in [5.74, 6) is 0.868. The maximum Gasteiger partial charge on any atom is 0.184 e. The zero-order valence-electron chi connectivity index (χ0n) is 14.6. The fraction of sp³-hybridized carbons (Fsp3) is 0.471. The van der Waals surface area contributed by atoms with Gasteiger partial charge in [0, 0.05) is 63.1 Å². The predicted molar refractivity (Wildman–Crippen MR) is 99.1 cm³/mol. The molecule has 0 aromatic carbocycles. The number of rotatable bonds is 5. The number of hydrogen-bond acceptors (Lipinski definition) is 7. The Balaban J connectivity index is 1.45. The van der Waals surface area contributed by atoms with Gasteiger partial charge in [-0.15, -0.1) is 11.3 Å². The van der Waals surface area contributed by atoms with Gasteiger partial charge < -0.3 is 10.1 Å². The van der Waals surface area contributed by atoms with E-state index in [1.54, 1.807) is 22.2 Å². The zero-order valence-corrected chi connectivity index (χ0v) is 15.5. The Morgan fingerprint density at radius 3 is 3.08 bits per heavy atom. The van der Waals surface area contributed by atoms with Crippen LogP contribution in [-0.2, 0) is 13.6 Å². The Hall–Kier alpha value is -2.19. The number of nitrogens with zero attached hydrogens (tertiary/aromatic N) is 5. The first-order chi connectivity index (χ1) is 12.1. The van der Waals surface area contributed by atoms with E-state index in [1.807, 2.05) is 32.6 Å². The lowest BCUT2D eigenvalue weighted by molar-refractivity contribution is 0.197. The molecule has 25 heavy (non-hydrogen) atoms. The first kappa shape index (κ1) is 16.3. The van der Waals surface area contributed by atoms with Crippen molar-refractivity contribution in [3.05, 3.63) is 29.5 Å². The summed E-state index contributed by atoms with van der Waals surface area (Å²) in [4.78, 5) is 12.4. The fourth-order valence-electron chi connectivity index (χ4n) is 3.34. The Labute approximate surface area is 150 Å². The highest BCUT2D eigenvalue weighted by molar-refractivity contribution is 7.15. The van der Waals surface area contributed by atoms with Gasteiger partial charge in [0.05, 0.1) is 5.39 Å². The number of aryl methyl sites for hydroxylation is 1. The van der Waals surface area contributed by atoms with Gasteiger partial charge in [-0.05, 0) is 13.0 Å². The molecule has 0 spiro atoms. The van der Waals surface area contributed by atoms with Gasteiger partial charge >= 0.3 is 0 Å². The fourth-order valence-corrected chi connectivity index (χ4v) is 4.13. The molecule has 0 amide bonds. The molecule has 2 unspecified atom stereocenters. The van der Waals surface area contributed by atoms with Crippen molar-refractivity contribution in [2.24, 2.45) is 7.05 Å². The van der Waals surface area contributed by atoms with Gasteiger partial charge in [-0.25, -0.2) is 9.97 Å². The van der Waals surface area contributed by atoms with Crippen LogP contribution in [0.25, 0.3) is 11.0 Å². The molecule has 1 N–H and O–H groups in total. The predicted octanol–water partition coefficient (Wildman–Crippen LogP) is 2.51. The summed E-state index contributed by atoms with van der Waals surface area (Å²) in [6, 6.07) is 2.41. The van der Waals surface area contributed by atoms with Crippen molar-refractivity contribution in [3.8, 4) is 5.75 Å². The minimum Gasteiger partial charge on any atom is -0.488 e. The Morgan fingerprint density at radius 1 is 1.40 bits per heavy atom. The second kappa shape index (κ2) is 6.61. The number of aromatic nitrogens is 4. The largest absolute Gasteiger partial charge is 0.488 e. The third-order valence-electron chi connectivity index (χ3n) is 4.58. The van der Waals surface area contributed by atoms with E-state index in [0.717, 1.165) is 41.4 Å². The average Bonchev–Trinajstić information content (AvgIpc) is 3.27. The summed E-state index contributed by atoms with van der Waals surface area (Å²) in [6.45, 7) is 4.09. The van der Waals surface area contributed by atoms with Gasteiger partial charge in [-0.1, -0.05) is 0 Å². The number of thiazole rings is 1. The number of anilines is 1. The van der Waals surface area contributed by atoms with Gasteiger partial charge in [0.15, 0.2) is 10.8 Å². The molecule has 1 fully saturated rings. The molecule has 0 saturated carbocycles. The minimum absolute atomic E-state index is 0.178. The van der Waals surface area contributed by atoms with Crippen LogP contribution in [0.3, 0.4) is 0 Å². The van der Waals surface area contributed by atoms with E-state index in [2.05, 4.69) is 32.2 Å². The van der Waals surface area contributed by atoms with Crippen LogP contribution >= 0.6 is 11.3 Å². The van der Waals surface area contributed by atoms with Crippen molar-refractivity contribution in [3.63, 3.8) is 0 Å². The summed E-state index contributed by atoms with van der Waals surface area (Å²) in [5.41, 5.74) is 0.729. The summed E-state index contributed by atoms with van der Waals surface area (Å²) in [5, 5.41) is 9.38. The zero-order chi connectivity index (χ0) is 17.4. The molecule has 1 saturated heterocycles. The minimum atomic E-state index is 0.178. The molecule has 3 aromatic rings. The van der Waals surface area contributed by atoms with E-state index < -0.39 is 0 Å². The molecule has 4 heterocycles. The van der Waals surface area contributed by atoms with Crippen molar-refractivity contribution < 1.29 is 4.74 Å². The smallest absolute Gasteiger partial charge is 0.184 e. The van der Waals surface area contributed by atoms with Crippen molar-refractivity contribution in [2.75, 3.05) is 18.9 Å². The van der Waals surface area contributed by atoms with Crippen molar-refractivity contribution in [1.29, 1.82) is 0 Å². The third-order valence-corrected chi connectivity index (χ3v) is 5.58. The van der Waals surface area contributed by atoms with Gasteiger partial charge in [0.2, 0.25) is 0 Å². The van der Waals surface area contributed by atoms with E-state index in [1.165, 1.54) is 4.88 Å². The number of hydrogen-bond donors (Lipinski definition) is 1. The lowest BCUT2D eigenvalue weighted by Crippen LogP contribution is -2.27. The van der Waals surface area contributed by atoms with E-state index in [-0.39, 0.29) is 6.10 Å². The van der Waals surface area contributed by atoms with Crippen LogP contribution in [0.15, 0.2) is 24.7 Å². The normalized spacial score (nSPS) is 21.1. The van der Waals surface area contributed by atoms with Crippen LogP contribution < -0.4 is 10.1 Å². The summed E-state index contributed by atoms with van der Waals surface area (Å²) in [7, 11) is 3.80. The van der Waals surface area contributed by atoms with Crippen molar-refractivity contribution in [2.45, 2.75) is 32.0 Å². The standard InChI is InChI=1S/C17H22N6OS/c1-11-6-12(8-23(11)9-13-7-20-17(18-2)25-13)24-15-4-5-19-16-14(15)10-22(3)21-16/h4-5,7,10-12H,6,8-9H2,1-3H3,(H,18,20). The molecular weight excluding hydrogens is 336 g/mol. The maximum atomic E-state index is 6.31. The van der Waals surface area contributed by atoms with E-state index in [0.29, 0.717) is 6.04 Å². The molecular formula is C17H22N6OS. The summed E-state index contributed by atoms with van der Waals surface area (Å²) in [6.07, 6.45) is 6.88. The Morgan fingerprint density at radius 2 is 2.28 bits per heavy atom. The van der Waals surface area contributed by atoms with Crippen LogP contribution in [0.2, 0.25) is 0 Å². The van der Waals surface area contributed by atoms with Gasteiger partial charge in [-0.2, -0.15) is 5.10 Å². The molecule has 4 rings (SSSR count). The molecule has 1 aliphatic rings. The second-order valence-electron chi connectivity index (χ2n) is 6.48. The number of fused-ring (bicyclic) bond motifs is 1. The first-order valence-corrected chi connectivity index (χ1v) is 9.25. The highest BCUT2D eigenvalue weighted by Crippen LogP contribution is 2.29. The monoisotopic (exact) mass is 358 g/mol. The number of likely N-dealkylation sites (tertiary alicyclic amines) is 1. The third kappa shape index (κ3) is 3.32. The lowest BCUT2D eigenvalue weighted by atomic mass is 10.2. The van der Waals surface area contributed by atoms with Crippen LogP contribution in [-0.4, -0.2) is 50.4 Å². The Bertz CT molecular complexity index is 875. The molecule has 132 valence electrons. The van der Waals surface area contributed by atoms with Crippen LogP contribution in [0, 0.1) is 0 Å². The van der Waals surface area contributed by atoms with Gasteiger partial charge in [-0.3, -0.25) is 9.58 Å². The van der Waals surface area contributed by atoms with Gasteiger partial charge in [0.25, 0.3) is 0 Å². The summed E-state index contributed by atoms with van der Waals surface area (Å²) < 4.78 is 8.08. The molecule has 0 aliphatic carbocycles. The molecule has 8 heteroatoms. The highest BCUT2D eigenvalue weighted by atomic mass is 32.1. The molecule has 3 aromatic heterocycles. The Kier molecular flexibility index (Phi) is 4.30. The quantitative estimate of drug-likeness (QED) is 0.756. The average molecular weight is 358 g/mol. The highest BCUT2D eigenvalue weighted by Gasteiger charge is 2.31. The van der Waals surface area contributed by atoms with E-state index >= 15 is 0 Å². The lowest BCUT2D eigenvalue weighted by Gasteiger charge is -2.19. The van der Waals surface area contributed by atoms with Gasteiger partial charge in [0.1, 0.15) is 11.9 Å². The number of nitrogens with one attached hydrogen (secondary N) is 1. The van der Waals surface area contributed by atoms with E-state index in [4.69, 9.17) is 4.74 Å². The topological polar surface area (TPSA) is 68.1 Å². The second-order valence-corrected chi connectivity index (χ2v) is 7.60. The van der Waals surface area contributed by atoms with Crippen LogP contribution in [0.1, 0.15) is 18.2 Å². The number of ether oxygens (including phenoxy) is 1. The van der Waals surface area contributed by atoms with Crippen LogP contribution in [0.4, 0.5) is 5.13 Å². The molecule has 0 radical (unpaired) electrons. The molecule has 2 atom stereocenters. The molecule has 0 bridgehead atoms. The van der Waals surface area contributed by atoms with Crippen LogP contribution in [0.5, 0.6) is 5.75 Å².